The summed E-state index contributed by atoms with van der Waals surface area (Å²) < 4.78 is 38.9. The van der Waals surface area contributed by atoms with Crippen LogP contribution in [0, 0.1) is 24.0 Å². The molecule has 2 aliphatic heterocycles. The number of carbonyl (C=O) groups excluding carboxylic acids is 1. The molecule has 1 fully saturated rings. The lowest BCUT2D eigenvalue weighted by Gasteiger charge is -2.45. The number of nitrogens with two attached hydrogens (primary N) is 1. The Morgan fingerprint density at radius 1 is 1.23 bits per heavy atom. The second-order valence-corrected chi connectivity index (χ2v) is 11.9. The lowest BCUT2D eigenvalue weighted by Crippen LogP contribution is -2.61. The van der Waals surface area contributed by atoms with Crippen LogP contribution in [-0.4, -0.2) is 63.4 Å². The third-order valence-corrected chi connectivity index (χ3v) is 8.76. The van der Waals surface area contributed by atoms with Gasteiger partial charge in [-0.05, 0) is 44.5 Å². The maximum atomic E-state index is 17.0. The van der Waals surface area contributed by atoms with Gasteiger partial charge in [0.1, 0.15) is 12.4 Å². The predicted molar refractivity (Wildman–Crippen MR) is 168 cm³/mol. The van der Waals surface area contributed by atoms with Gasteiger partial charge < -0.3 is 30.7 Å². The highest BCUT2D eigenvalue weighted by atomic mass is 35.5. The summed E-state index contributed by atoms with van der Waals surface area (Å²) in [6, 6.07) is 1.85. The Bertz CT molecular complexity index is 1690. The van der Waals surface area contributed by atoms with E-state index < -0.39 is 39.9 Å². The Labute approximate surface area is 267 Å². The van der Waals surface area contributed by atoms with Crippen LogP contribution in [0.25, 0.3) is 11.1 Å². The number of ether oxygens (including phenoxy) is 1. The standard InChI is InChI=1S/C30H29Cl3F2N6O3/c1-5-18(43)40-9-13(3)41-15(10-40)11-44-29-21(30(41)37)28(39-26-12(2)6-7-38-27(26)14(4)42)24(35)19(22(29)33)20-23(34)16(31)8-17(32)25(20)36/h5-8,13-15,37,39,42H,1,9-11,36H2,2-4H3. The number of aliphatic hydroxyl groups is 1. The number of aromatic nitrogens is 1. The molecule has 0 radical (unpaired) electrons. The van der Waals surface area contributed by atoms with Crippen molar-refractivity contribution in [2.45, 2.75) is 39.0 Å². The SMILES string of the molecule is C=CC(=O)N1CC(C)N2C(=N)c3c(Nc4c(C)ccnc4C(C)O)c(F)c(-c4c(N)c(Cl)cc(Cl)c4F)c(Cl)c3OCC2C1. The summed E-state index contributed by atoms with van der Waals surface area (Å²) in [5.41, 5.74) is 5.59. The van der Waals surface area contributed by atoms with Gasteiger partial charge in [-0.15, -0.1) is 0 Å². The molecule has 0 spiro atoms. The molecule has 0 saturated carbocycles. The van der Waals surface area contributed by atoms with Crippen molar-refractivity contribution < 1.29 is 23.4 Å². The van der Waals surface area contributed by atoms with E-state index in [1.165, 1.54) is 19.2 Å². The summed E-state index contributed by atoms with van der Waals surface area (Å²) in [5.74, 6) is -2.67. The zero-order valence-corrected chi connectivity index (χ0v) is 26.2. The third kappa shape index (κ3) is 5.21. The van der Waals surface area contributed by atoms with Gasteiger partial charge in [0.2, 0.25) is 5.91 Å². The van der Waals surface area contributed by atoms with Crippen molar-refractivity contribution in [2.24, 2.45) is 0 Å². The molecule has 5 rings (SSSR count). The van der Waals surface area contributed by atoms with Gasteiger partial charge in [-0.25, -0.2) is 8.78 Å². The van der Waals surface area contributed by atoms with Crippen LogP contribution in [0.2, 0.25) is 15.1 Å². The Balaban J connectivity index is 1.81. The largest absolute Gasteiger partial charge is 0.489 e. The molecule has 1 saturated heterocycles. The molecule has 3 heterocycles. The molecule has 1 aromatic heterocycles. The van der Waals surface area contributed by atoms with Crippen LogP contribution < -0.4 is 15.8 Å². The normalized spacial score (nSPS) is 18.6. The molecule has 14 heteroatoms. The molecule has 3 aromatic rings. The van der Waals surface area contributed by atoms with E-state index >= 15 is 8.78 Å². The number of benzene rings is 2. The van der Waals surface area contributed by atoms with E-state index in [2.05, 4.69) is 16.9 Å². The fourth-order valence-electron chi connectivity index (χ4n) is 5.74. The van der Waals surface area contributed by atoms with Gasteiger partial charge in [0.25, 0.3) is 0 Å². The van der Waals surface area contributed by atoms with E-state index in [0.717, 1.165) is 6.07 Å². The quantitative estimate of drug-likeness (QED) is 0.140. The van der Waals surface area contributed by atoms with Gasteiger partial charge >= 0.3 is 0 Å². The number of amides is 1. The minimum Gasteiger partial charge on any atom is -0.489 e. The fraction of sp³-hybridized carbons (Fsp3) is 0.300. The van der Waals surface area contributed by atoms with Gasteiger partial charge in [0.05, 0.1) is 55.5 Å². The van der Waals surface area contributed by atoms with Crippen LogP contribution in [0.5, 0.6) is 5.75 Å². The number of anilines is 3. The smallest absolute Gasteiger partial charge is 0.246 e. The molecule has 0 aliphatic carbocycles. The Morgan fingerprint density at radius 2 is 1.93 bits per heavy atom. The molecule has 3 unspecified atom stereocenters. The van der Waals surface area contributed by atoms with E-state index in [0.29, 0.717) is 5.56 Å². The number of halogens is 5. The van der Waals surface area contributed by atoms with Crippen LogP contribution in [0.3, 0.4) is 0 Å². The summed E-state index contributed by atoms with van der Waals surface area (Å²) in [7, 11) is 0. The van der Waals surface area contributed by atoms with Gasteiger partial charge in [0.15, 0.2) is 17.4 Å². The van der Waals surface area contributed by atoms with Gasteiger partial charge in [-0.1, -0.05) is 41.4 Å². The predicted octanol–water partition coefficient (Wildman–Crippen LogP) is 6.48. The first-order valence-corrected chi connectivity index (χ1v) is 14.7. The first-order valence-electron chi connectivity index (χ1n) is 13.6. The van der Waals surface area contributed by atoms with Crippen molar-refractivity contribution in [1.29, 1.82) is 5.41 Å². The fourth-order valence-corrected chi connectivity index (χ4v) is 6.53. The van der Waals surface area contributed by atoms with E-state index in [-0.39, 0.29) is 81.6 Å². The number of rotatable bonds is 5. The molecular formula is C30H29Cl3F2N6O3. The number of hydrogen-bond acceptors (Lipinski definition) is 7. The summed E-state index contributed by atoms with van der Waals surface area (Å²) in [5, 5.41) is 21.9. The number of pyridine rings is 1. The summed E-state index contributed by atoms with van der Waals surface area (Å²) in [4.78, 5) is 20.1. The number of aryl methyl sites for hydroxylation is 1. The highest BCUT2D eigenvalue weighted by Gasteiger charge is 2.42. The van der Waals surface area contributed by atoms with Crippen molar-refractivity contribution in [2.75, 3.05) is 30.7 Å². The number of nitrogen functional groups attached to an aromatic ring is 1. The van der Waals surface area contributed by atoms with Gasteiger partial charge in [-0.2, -0.15) is 0 Å². The number of piperazine rings is 1. The average molecular weight is 666 g/mol. The number of nitrogens with one attached hydrogen (secondary N) is 2. The minimum atomic E-state index is -1.07. The second-order valence-electron chi connectivity index (χ2n) is 10.7. The maximum Gasteiger partial charge on any atom is 0.246 e. The molecule has 2 aromatic carbocycles. The number of aliphatic hydroxyl groups excluding tert-OH is 1. The number of hydrogen-bond donors (Lipinski definition) is 4. The van der Waals surface area contributed by atoms with Crippen molar-refractivity contribution >= 4 is 63.6 Å². The van der Waals surface area contributed by atoms with Gasteiger partial charge in [0, 0.05) is 36.5 Å². The Hall–Kier alpha value is -3.64. The van der Waals surface area contributed by atoms with Crippen LogP contribution in [0.15, 0.2) is 31.0 Å². The first kappa shape index (κ1) is 31.8. The lowest BCUT2D eigenvalue weighted by molar-refractivity contribution is -0.129. The van der Waals surface area contributed by atoms with E-state index in [9.17, 15) is 15.3 Å². The Kier molecular flexibility index (Phi) is 8.69. The highest BCUT2D eigenvalue weighted by Crippen LogP contribution is 2.51. The Morgan fingerprint density at radius 3 is 2.59 bits per heavy atom. The molecule has 9 nitrogen and oxygen atoms in total. The zero-order chi connectivity index (χ0) is 32.2. The van der Waals surface area contributed by atoms with Crippen molar-refractivity contribution in [3.8, 4) is 16.9 Å². The minimum absolute atomic E-state index is 0.0516. The number of amidine groups is 1. The van der Waals surface area contributed by atoms with Crippen LogP contribution >= 0.6 is 34.8 Å². The summed E-state index contributed by atoms with van der Waals surface area (Å²) in [6.45, 7) is 9.04. The number of carbonyl (C=O) groups is 1. The topological polar surface area (TPSA) is 128 Å². The van der Waals surface area contributed by atoms with Crippen LogP contribution in [0.4, 0.5) is 25.8 Å². The second kappa shape index (κ2) is 12.0. The van der Waals surface area contributed by atoms with E-state index in [1.54, 1.807) is 22.8 Å². The van der Waals surface area contributed by atoms with Crippen LogP contribution in [-0.2, 0) is 4.79 Å². The monoisotopic (exact) mass is 664 g/mol. The van der Waals surface area contributed by atoms with Crippen LogP contribution in [0.1, 0.15) is 36.8 Å². The number of nitrogens with zero attached hydrogens (tertiary/aromatic N) is 3. The van der Waals surface area contributed by atoms with Crippen molar-refractivity contribution in [3.63, 3.8) is 0 Å². The maximum absolute atomic E-state index is 17.0. The first-order chi connectivity index (χ1) is 20.8. The average Bonchev–Trinajstić information content (AvgIpc) is 3.12. The highest BCUT2D eigenvalue weighted by molar-refractivity contribution is 6.39. The molecule has 44 heavy (non-hydrogen) atoms. The molecular weight excluding hydrogens is 637 g/mol. The molecule has 232 valence electrons. The molecule has 2 aliphatic rings. The third-order valence-electron chi connectivity index (χ3n) is 7.81. The zero-order valence-electron chi connectivity index (χ0n) is 23.9. The summed E-state index contributed by atoms with van der Waals surface area (Å²) in [6.07, 6.45) is 1.66. The van der Waals surface area contributed by atoms with Gasteiger partial charge in [-0.3, -0.25) is 15.2 Å². The number of fused-ring (bicyclic) bond motifs is 2. The molecule has 1 amide bonds. The lowest BCUT2D eigenvalue weighted by atomic mass is 9.96. The summed E-state index contributed by atoms with van der Waals surface area (Å²) >= 11 is 19.2. The van der Waals surface area contributed by atoms with Crippen molar-refractivity contribution in [1.82, 2.24) is 14.8 Å². The van der Waals surface area contributed by atoms with E-state index in [1.807, 2.05) is 6.92 Å². The molecule has 5 N–H and O–H groups in total. The van der Waals surface area contributed by atoms with Crippen molar-refractivity contribution in [3.05, 3.63) is 74.5 Å². The molecule has 0 bridgehead atoms. The van der Waals surface area contributed by atoms with E-state index in [4.69, 9.17) is 45.3 Å². The molecule has 3 atom stereocenters.